The summed E-state index contributed by atoms with van der Waals surface area (Å²) in [5.41, 5.74) is 1.01. The maximum Gasteiger partial charge on any atom is 0.238 e. The summed E-state index contributed by atoms with van der Waals surface area (Å²) < 4.78 is 22.3. The van der Waals surface area contributed by atoms with Crippen LogP contribution in [0.25, 0.3) is 0 Å². The van der Waals surface area contributed by atoms with E-state index in [1.807, 2.05) is 4.90 Å². The number of likely N-dealkylation sites (tertiary alicyclic amines) is 1. The highest BCUT2D eigenvalue weighted by atomic mass is 32.2. The molecule has 1 aliphatic rings. The van der Waals surface area contributed by atoms with Crippen molar-refractivity contribution in [2.24, 2.45) is 5.14 Å². The smallest absolute Gasteiger partial charge is 0.238 e. The molecule has 0 atom stereocenters. The Morgan fingerprint density at radius 2 is 1.86 bits per heavy atom. The van der Waals surface area contributed by atoms with Crippen molar-refractivity contribution in [2.45, 2.75) is 37.2 Å². The van der Waals surface area contributed by atoms with Crippen LogP contribution in [0.2, 0.25) is 0 Å². The summed E-state index contributed by atoms with van der Waals surface area (Å²) in [7, 11) is -3.63. The van der Waals surface area contributed by atoms with Gasteiger partial charge < -0.3 is 10.2 Å². The highest BCUT2D eigenvalue weighted by Crippen LogP contribution is 2.12. The molecule has 1 aromatic rings. The second-order valence-electron chi connectivity index (χ2n) is 5.35. The largest absolute Gasteiger partial charge is 0.343 e. The van der Waals surface area contributed by atoms with Gasteiger partial charge in [0.05, 0.1) is 4.90 Å². The third kappa shape index (κ3) is 4.52. The number of carbonyl (C=O) groups excluding carboxylic acids is 1. The first-order valence-corrected chi connectivity index (χ1v) is 8.51. The van der Waals surface area contributed by atoms with Gasteiger partial charge >= 0.3 is 0 Å². The molecule has 1 fully saturated rings. The molecule has 0 aliphatic carbocycles. The topological polar surface area (TPSA) is 92.5 Å². The zero-order valence-electron chi connectivity index (χ0n) is 12.1. The van der Waals surface area contributed by atoms with Gasteiger partial charge in [0, 0.05) is 32.6 Å². The molecule has 0 saturated carbocycles. The van der Waals surface area contributed by atoms with Crippen molar-refractivity contribution in [2.75, 3.05) is 13.1 Å². The fourth-order valence-electron chi connectivity index (χ4n) is 2.46. The Morgan fingerprint density at radius 3 is 2.33 bits per heavy atom. The minimum Gasteiger partial charge on any atom is -0.343 e. The van der Waals surface area contributed by atoms with Crippen molar-refractivity contribution in [3.8, 4) is 0 Å². The Balaban J connectivity index is 1.83. The number of nitrogens with zero attached hydrogens (tertiary/aromatic N) is 1. The molecule has 1 aromatic carbocycles. The minimum atomic E-state index is -3.63. The molecular weight excluding hydrogens is 290 g/mol. The van der Waals surface area contributed by atoms with Crippen LogP contribution in [0.5, 0.6) is 0 Å². The first-order chi connectivity index (χ1) is 9.86. The van der Waals surface area contributed by atoms with Gasteiger partial charge in [-0.25, -0.2) is 13.6 Å². The number of rotatable bonds is 4. The van der Waals surface area contributed by atoms with Gasteiger partial charge in [0.15, 0.2) is 0 Å². The molecule has 21 heavy (non-hydrogen) atoms. The number of nitrogens with two attached hydrogens (primary N) is 1. The second kappa shape index (κ2) is 6.55. The molecule has 0 unspecified atom stereocenters. The zero-order valence-corrected chi connectivity index (χ0v) is 12.9. The van der Waals surface area contributed by atoms with E-state index in [4.69, 9.17) is 5.14 Å². The number of hydrogen-bond acceptors (Lipinski definition) is 4. The van der Waals surface area contributed by atoms with Crippen molar-refractivity contribution < 1.29 is 13.2 Å². The summed E-state index contributed by atoms with van der Waals surface area (Å²) in [6.07, 6.45) is 1.88. The Hall–Kier alpha value is -1.44. The van der Waals surface area contributed by atoms with Crippen molar-refractivity contribution in [1.82, 2.24) is 10.2 Å². The van der Waals surface area contributed by atoms with Crippen LogP contribution in [-0.4, -0.2) is 38.4 Å². The number of sulfonamides is 1. The lowest BCUT2D eigenvalue weighted by atomic mass is 10.0. The van der Waals surface area contributed by atoms with Crippen LogP contribution < -0.4 is 10.5 Å². The standard InChI is InChI=1S/C14H21N3O3S/c1-11(18)17-8-6-13(7-9-17)16-10-12-2-4-14(5-3-12)21(15,19)20/h2-5,13,16H,6-10H2,1H3,(H2,15,19,20). The molecule has 7 heteroatoms. The van der Waals surface area contributed by atoms with Crippen LogP contribution in [0.15, 0.2) is 29.2 Å². The van der Waals surface area contributed by atoms with Gasteiger partial charge in [-0.15, -0.1) is 0 Å². The Labute approximate surface area is 125 Å². The average Bonchev–Trinajstić information content (AvgIpc) is 2.45. The van der Waals surface area contributed by atoms with Crippen LogP contribution in [0.3, 0.4) is 0 Å². The predicted octanol–water partition coefficient (Wildman–Crippen LogP) is 0.435. The summed E-state index contributed by atoms with van der Waals surface area (Å²) in [5, 5.41) is 8.50. The third-order valence-electron chi connectivity index (χ3n) is 3.79. The van der Waals surface area contributed by atoms with E-state index in [0.29, 0.717) is 12.6 Å². The van der Waals surface area contributed by atoms with Gasteiger partial charge in [0.25, 0.3) is 0 Å². The SMILES string of the molecule is CC(=O)N1CCC(NCc2ccc(S(N)(=O)=O)cc2)CC1. The first kappa shape index (κ1) is 15.9. The van der Waals surface area contributed by atoms with E-state index >= 15 is 0 Å². The zero-order chi connectivity index (χ0) is 15.5. The third-order valence-corrected chi connectivity index (χ3v) is 4.72. The number of benzene rings is 1. The first-order valence-electron chi connectivity index (χ1n) is 6.97. The van der Waals surface area contributed by atoms with E-state index in [1.165, 1.54) is 12.1 Å². The van der Waals surface area contributed by atoms with E-state index in [9.17, 15) is 13.2 Å². The maximum atomic E-state index is 11.2. The van der Waals surface area contributed by atoms with Crippen LogP contribution in [0, 0.1) is 0 Å². The second-order valence-corrected chi connectivity index (χ2v) is 6.91. The van der Waals surface area contributed by atoms with E-state index in [0.717, 1.165) is 31.5 Å². The van der Waals surface area contributed by atoms with Gasteiger partial charge in [-0.05, 0) is 30.5 Å². The lowest BCUT2D eigenvalue weighted by Crippen LogP contribution is -2.43. The molecule has 116 valence electrons. The lowest BCUT2D eigenvalue weighted by molar-refractivity contribution is -0.129. The quantitative estimate of drug-likeness (QED) is 0.843. The molecule has 2 rings (SSSR count). The number of hydrogen-bond donors (Lipinski definition) is 2. The summed E-state index contributed by atoms with van der Waals surface area (Å²) in [5.74, 6) is 0.132. The molecule has 0 radical (unpaired) electrons. The van der Waals surface area contributed by atoms with Gasteiger partial charge in [0.2, 0.25) is 15.9 Å². The molecule has 1 amide bonds. The minimum absolute atomic E-state index is 0.126. The molecule has 0 spiro atoms. The highest BCUT2D eigenvalue weighted by molar-refractivity contribution is 7.89. The molecule has 6 nitrogen and oxygen atoms in total. The molecule has 1 heterocycles. The van der Waals surface area contributed by atoms with Gasteiger partial charge in [-0.1, -0.05) is 12.1 Å². The van der Waals surface area contributed by atoms with E-state index in [-0.39, 0.29) is 10.8 Å². The number of carbonyl (C=O) groups is 1. The Morgan fingerprint density at radius 1 is 1.29 bits per heavy atom. The summed E-state index contributed by atoms with van der Waals surface area (Å²) >= 11 is 0. The van der Waals surface area contributed by atoms with Gasteiger partial charge in [0.1, 0.15) is 0 Å². The fourth-order valence-corrected chi connectivity index (χ4v) is 2.97. The fraction of sp³-hybridized carbons (Fsp3) is 0.500. The summed E-state index contributed by atoms with van der Waals surface area (Å²) in [6.45, 7) is 3.85. The maximum absolute atomic E-state index is 11.2. The van der Waals surface area contributed by atoms with Gasteiger partial charge in [-0.2, -0.15) is 0 Å². The number of piperidine rings is 1. The van der Waals surface area contributed by atoms with Gasteiger partial charge in [-0.3, -0.25) is 4.79 Å². The Kier molecular flexibility index (Phi) is 4.97. The Bertz CT molecular complexity index is 590. The molecule has 3 N–H and O–H groups in total. The number of nitrogens with one attached hydrogen (secondary N) is 1. The van der Waals surface area contributed by atoms with E-state index in [2.05, 4.69) is 5.32 Å². The number of amides is 1. The van der Waals surface area contributed by atoms with Crippen molar-refractivity contribution >= 4 is 15.9 Å². The molecule has 1 aliphatic heterocycles. The number of primary sulfonamides is 1. The normalized spacial score (nSPS) is 17.0. The predicted molar refractivity (Wildman–Crippen MR) is 79.9 cm³/mol. The van der Waals surface area contributed by atoms with Crippen molar-refractivity contribution in [3.63, 3.8) is 0 Å². The summed E-state index contributed by atoms with van der Waals surface area (Å²) in [6, 6.07) is 6.95. The van der Waals surface area contributed by atoms with Crippen LogP contribution in [-0.2, 0) is 21.4 Å². The molecule has 0 aromatic heterocycles. The van der Waals surface area contributed by atoms with E-state index in [1.54, 1.807) is 19.1 Å². The summed E-state index contributed by atoms with van der Waals surface area (Å²) in [4.78, 5) is 13.2. The van der Waals surface area contributed by atoms with Crippen LogP contribution in [0.1, 0.15) is 25.3 Å². The van der Waals surface area contributed by atoms with E-state index < -0.39 is 10.0 Å². The average molecular weight is 311 g/mol. The molecule has 1 saturated heterocycles. The van der Waals surface area contributed by atoms with Crippen LogP contribution in [0.4, 0.5) is 0 Å². The highest BCUT2D eigenvalue weighted by Gasteiger charge is 2.20. The van der Waals surface area contributed by atoms with Crippen LogP contribution >= 0.6 is 0 Å². The monoisotopic (exact) mass is 311 g/mol. The molecular formula is C14H21N3O3S. The van der Waals surface area contributed by atoms with Crippen molar-refractivity contribution in [3.05, 3.63) is 29.8 Å². The molecule has 0 bridgehead atoms. The van der Waals surface area contributed by atoms with Crippen molar-refractivity contribution in [1.29, 1.82) is 0 Å². The lowest BCUT2D eigenvalue weighted by Gasteiger charge is -2.31.